The quantitative estimate of drug-likeness (QED) is 0.540. The van der Waals surface area contributed by atoms with Gasteiger partial charge in [0.2, 0.25) is 10.0 Å². The SMILES string of the molecule is CS(=O)(=O)N1CC[C@@H]2O[C@@H]2CC1. The third kappa shape index (κ3) is 1.62. The van der Waals surface area contributed by atoms with Crippen LogP contribution in [0.15, 0.2) is 0 Å². The van der Waals surface area contributed by atoms with Gasteiger partial charge in [-0.3, -0.25) is 0 Å². The molecular formula is C7H13NO3S. The number of rotatable bonds is 1. The maximum absolute atomic E-state index is 11.1. The number of hydrogen-bond donors (Lipinski definition) is 0. The molecule has 0 amide bonds. The Morgan fingerprint density at radius 2 is 1.75 bits per heavy atom. The molecule has 0 saturated carbocycles. The highest BCUT2D eigenvalue weighted by molar-refractivity contribution is 7.88. The van der Waals surface area contributed by atoms with E-state index in [1.54, 1.807) is 4.31 Å². The van der Waals surface area contributed by atoms with Gasteiger partial charge < -0.3 is 4.74 Å². The second kappa shape index (κ2) is 2.68. The van der Waals surface area contributed by atoms with Crippen LogP contribution in [0.25, 0.3) is 0 Å². The van der Waals surface area contributed by atoms with E-state index in [0.29, 0.717) is 25.3 Å². The predicted octanol–water partition coefficient (Wildman–Crippen LogP) is -0.191. The Hall–Kier alpha value is -0.130. The summed E-state index contributed by atoms with van der Waals surface area (Å²) in [5.41, 5.74) is 0. The van der Waals surface area contributed by atoms with Gasteiger partial charge >= 0.3 is 0 Å². The molecule has 0 aliphatic carbocycles. The van der Waals surface area contributed by atoms with E-state index in [4.69, 9.17) is 4.74 Å². The van der Waals surface area contributed by atoms with Crippen molar-refractivity contribution in [2.45, 2.75) is 25.0 Å². The fraction of sp³-hybridized carbons (Fsp3) is 1.00. The Morgan fingerprint density at radius 3 is 2.17 bits per heavy atom. The molecule has 0 aromatic carbocycles. The van der Waals surface area contributed by atoms with Crippen LogP contribution in [0.5, 0.6) is 0 Å². The smallest absolute Gasteiger partial charge is 0.211 e. The summed E-state index contributed by atoms with van der Waals surface area (Å²) in [6.45, 7) is 1.25. The number of hydrogen-bond acceptors (Lipinski definition) is 3. The number of epoxide rings is 1. The van der Waals surface area contributed by atoms with Gasteiger partial charge in [0.05, 0.1) is 18.5 Å². The molecule has 2 heterocycles. The van der Waals surface area contributed by atoms with E-state index >= 15 is 0 Å². The molecule has 4 nitrogen and oxygen atoms in total. The molecule has 2 saturated heterocycles. The molecule has 2 atom stereocenters. The zero-order valence-corrected chi connectivity index (χ0v) is 7.88. The molecule has 2 fully saturated rings. The summed E-state index contributed by atoms with van der Waals surface area (Å²) in [6, 6.07) is 0. The lowest BCUT2D eigenvalue weighted by atomic mass is 10.2. The van der Waals surface area contributed by atoms with E-state index in [1.165, 1.54) is 6.26 Å². The van der Waals surface area contributed by atoms with Crippen LogP contribution in [0.4, 0.5) is 0 Å². The maximum atomic E-state index is 11.1. The summed E-state index contributed by atoms with van der Waals surface area (Å²) in [4.78, 5) is 0. The lowest BCUT2D eigenvalue weighted by molar-refractivity contribution is 0.301. The Bertz CT molecular complexity index is 262. The Labute approximate surface area is 72.6 Å². The summed E-state index contributed by atoms with van der Waals surface area (Å²) in [6.07, 6.45) is 3.67. The van der Waals surface area contributed by atoms with Crippen molar-refractivity contribution in [3.05, 3.63) is 0 Å². The number of fused-ring (bicyclic) bond motifs is 1. The highest BCUT2D eigenvalue weighted by Crippen LogP contribution is 2.31. The molecule has 0 bridgehead atoms. The molecule has 2 rings (SSSR count). The second-order valence-corrected chi connectivity index (χ2v) is 5.43. The molecule has 2 aliphatic heterocycles. The molecular weight excluding hydrogens is 178 g/mol. The first-order valence-electron chi connectivity index (χ1n) is 4.18. The van der Waals surface area contributed by atoms with Crippen LogP contribution < -0.4 is 0 Å². The van der Waals surface area contributed by atoms with Crippen molar-refractivity contribution in [1.29, 1.82) is 0 Å². The normalized spacial score (nSPS) is 37.1. The van der Waals surface area contributed by atoms with Gasteiger partial charge in [0, 0.05) is 13.1 Å². The van der Waals surface area contributed by atoms with E-state index in [1.807, 2.05) is 0 Å². The molecule has 0 aromatic heterocycles. The Balaban J connectivity index is 2.01. The van der Waals surface area contributed by atoms with E-state index in [9.17, 15) is 8.42 Å². The molecule has 0 aromatic rings. The topological polar surface area (TPSA) is 49.9 Å². The minimum Gasteiger partial charge on any atom is -0.369 e. The summed E-state index contributed by atoms with van der Waals surface area (Å²) in [5.74, 6) is 0. The van der Waals surface area contributed by atoms with Crippen molar-refractivity contribution in [3.8, 4) is 0 Å². The fourth-order valence-corrected chi connectivity index (χ4v) is 2.55. The van der Waals surface area contributed by atoms with E-state index in [0.717, 1.165) is 12.8 Å². The van der Waals surface area contributed by atoms with Crippen molar-refractivity contribution >= 4 is 10.0 Å². The average molecular weight is 191 g/mol. The van der Waals surface area contributed by atoms with Crippen molar-refractivity contribution in [1.82, 2.24) is 4.31 Å². The van der Waals surface area contributed by atoms with Crippen molar-refractivity contribution in [2.24, 2.45) is 0 Å². The minimum atomic E-state index is -2.97. The number of nitrogens with zero attached hydrogens (tertiary/aromatic N) is 1. The maximum Gasteiger partial charge on any atom is 0.211 e. The first kappa shape index (κ1) is 8.47. The van der Waals surface area contributed by atoms with Gasteiger partial charge in [0.1, 0.15) is 0 Å². The fourth-order valence-electron chi connectivity index (χ4n) is 1.67. The Morgan fingerprint density at radius 1 is 1.25 bits per heavy atom. The van der Waals surface area contributed by atoms with Crippen molar-refractivity contribution < 1.29 is 13.2 Å². The molecule has 2 aliphatic rings. The minimum absolute atomic E-state index is 0.344. The van der Waals surface area contributed by atoms with Gasteiger partial charge in [0.25, 0.3) is 0 Å². The van der Waals surface area contributed by atoms with Crippen LogP contribution in [0, 0.1) is 0 Å². The van der Waals surface area contributed by atoms with Gasteiger partial charge in [-0.15, -0.1) is 0 Å². The monoisotopic (exact) mass is 191 g/mol. The van der Waals surface area contributed by atoms with Crippen LogP contribution in [-0.2, 0) is 14.8 Å². The second-order valence-electron chi connectivity index (χ2n) is 3.45. The summed E-state index contributed by atoms with van der Waals surface area (Å²) < 4.78 is 29.1. The molecule has 70 valence electrons. The molecule has 0 spiro atoms. The van der Waals surface area contributed by atoms with Crippen LogP contribution in [0.3, 0.4) is 0 Å². The van der Waals surface area contributed by atoms with E-state index in [-0.39, 0.29) is 0 Å². The summed E-state index contributed by atoms with van der Waals surface area (Å²) >= 11 is 0. The van der Waals surface area contributed by atoms with Crippen LogP contribution in [0.2, 0.25) is 0 Å². The van der Waals surface area contributed by atoms with Gasteiger partial charge in [0.15, 0.2) is 0 Å². The summed E-state index contributed by atoms with van der Waals surface area (Å²) in [7, 11) is -2.97. The molecule has 5 heteroatoms. The third-order valence-corrected chi connectivity index (χ3v) is 3.79. The van der Waals surface area contributed by atoms with Crippen molar-refractivity contribution in [2.75, 3.05) is 19.3 Å². The third-order valence-electron chi connectivity index (χ3n) is 2.48. The highest BCUT2D eigenvalue weighted by atomic mass is 32.2. The zero-order valence-electron chi connectivity index (χ0n) is 7.06. The largest absolute Gasteiger partial charge is 0.369 e. The lowest BCUT2D eigenvalue weighted by Gasteiger charge is -2.17. The van der Waals surface area contributed by atoms with Crippen LogP contribution in [0.1, 0.15) is 12.8 Å². The highest BCUT2D eigenvalue weighted by Gasteiger charge is 2.41. The standard InChI is InChI=1S/C7H13NO3S/c1-12(9,10)8-4-2-6-7(11-6)3-5-8/h6-7H,2-5H2,1H3/t6-,7+. The number of ether oxygens (including phenoxy) is 1. The average Bonchev–Trinajstić information content (AvgIpc) is 2.57. The number of sulfonamides is 1. The van der Waals surface area contributed by atoms with Crippen LogP contribution in [-0.4, -0.2) is 44.3 Å². The first-order chi connectivity index (χ1) is 5.57. The van der Waals surface area contributed by atoms with Gasteiger partial charge in [-0.2, -0.15) is 0 Å². The predicted molar refractivity (Wildman–Crippen MR) is 44.3 cm³/mol. The summed E-state index contributed by atoms with van der Waals surface area (Å²) in [5, 5.41) is 0. The van der Waals surface area contributed by atoms with Crippen LogP contribution >= 0.6 is 0 Å². The van der Waals surface area contributed by atoms with E-state index < -0.39 is 10.0 Å². The molecule has 12 heavy (non-hydrogen) atoms. The van der Waals surface area contributed by atoms with Gasteiger partial charge in [-0.1, -0.05) is 0 Å². The van der Waals surface area contributed by atoms with E-state index in [2.05, 4.69) is 0 Å². The Kier molecular flexibility index (Phi) is 1.89. The van der Waals surface area contributed by atoms with Crippen molar-refractivity contribution in [3.63, 3.8) is 0 Å². The zero-order chi connectivity index (χ0) is 8.77. The lowest BCUT2D eigenvalue weighted by Crippen LogP contribution is -2.31. The van der Waals surface area contributed by atoms with Gasteiger partial charge in [-0.05, 0) is 12.8 Å². The molecule has 0 N–H and O–H groups in total. The molecule has 0 unspecified atom stereocenters. The van der Waals surface area contributed by atoms with Gasteiger partial charge in [-0.25, -0.2) is 12.7 Å². The first-order valence-corrected chi connectivity index (χ1v) is 6.03. The molecule has 0 radical (unpaired) electrons.